The lowest BCUT2D eigenvalue weighted by Gasteiger charge is -2.38. The molecule has 0 aromatic heterocycles. The number of amides is 1. The van der Waals surface area contributed by atoms with Gasteiger partial charge in [-0.2, -0.15) is 0 Å². The Kier molecular flexibility index (Phi) is 7.49. The van der Waals surface area contributed by atoms with Gasteiger partial charge in [-0.1, -0.05) is 30.3 Å². The van der Waals surface area contributed by atoms with Crippen molar-refractivity contribution in [1.29, 1.82) is 0 Å². The Morgan fingerprint density at radius 1 is 0.966 bits per heavy atom. The third-order valence-corrected chi connectivity index (χ3v) is 5.40. The van der Waals surface area contributed by atoms with Crippen LogP contribution in [0, 0.1) is 5.82 Å². The maximum atomic E-state index is 13.0. The first kappa shape index (κ1) is 21.1. The zero-order valence-corrected chi connectivity index (χ0v) is 16.8. The summed E-state index contributed by atoms with van der Waals surface area (Å²) in [6, 6.07) is 15.7. The van der Waals surface area contributed by atoms with Crippen LogP contribution < -0.4 is 5.32 Å². The minimum atomic E-state index is -0.379. The van der Waals surface area contributed by atoms with Crippen molar-refractivity contribution in [2.24, 2.45) is 0 Å². The number of halogens is 1. The normalized spacial score (nSPS) is 16.3. The molecular weight excluding hydrogens is 369 g/mol. The molecule has 1 fully saturated rings. The average molecular weight is 397 g/mol. The molecule has 1 aliphatic heterocycles. The maximum absolute atomic E-state index is 13.0. The molecule has 0 spiro atoms. The van der Waals surface area contributed by atoms with E-state index in [1.54, 1.807) is 0 Å². The number of carbonyl (C=O) groups is 2. The fourth-order valence-corrected chi connectivity index (χ4v) is 3.57. The van der Waals surface area contributed by atoms with Crippen molar-refractivity contribution in [3.63, 3.8) is 0 Å². The Bertz CT molecular complexity index is 803. The molecule has 1 heterocycles. The summed E-state index contributed by atoms with van der Waals surface area (Å²) in [4.78, 5) is 29.2. The number of benzene rings is 2. The Morgan fingerprint density at radius 3 is 2.28 bits per heavy atom. The molecule has 5 nitrogen and oxygen atoms in total. The molecule has 0 saturated carbocycles. The van der Waals surface area contributed by atoms with Crippen LogP contribution in [0.15, 0.2) is 54.6 Å². The minimum absolute atomic E-state index is 0.113. The van der Waals surface area contributed by atoms with Crippen LogP contribution in [0.2, 0.25) is 0 Å². The van der Waals surface area contributed by atoms with E-state index in [9.17, 15) is 14.0 Å². The van der Waals surface area contributed by atoms with Gasteiger partial charge < -0.3 is 10.2 Å². The molecule has 6 heteroatoms. The molecule has 3 rings (SSSR count). The van der Waals surface area contributed by atoms with Crippen molar-refractivity contribution in [3.05, 3.63) is 71.5 Å². The molecule has 0 aliphatic carbocycles. The van der Waals surface area contributed by atoms with Gasteiger partial charge in [0.05, 0.1) is 6.04 Å². The molecule has 0 bridgehead atoms. The molecule has 1 amide bonds. The lowest BCUT2D eigenvalue weighted by atomic mass is 10.0. The van der Waals surface area contributed by atoms with Crippen molar-refractivity contribution >= 4 is 11.7 Å². The number of piperazine rings is 1. The predicted octanol–water partition coefficient (Wildman–Crippen LogP) is 2.89. The third kappa shape index (κ3) is 6.21. The number of hydrogen-bond donors (Lipinski definition) is 1. The van der Waals surface area contributed by atoms with E-state index in [2.05, 4.69) is 34.3 Å². The SMILES string of the molecule is CN1CCN(C(CNC(=O)CCC(=O)c2ccc(F)cc2)c2ccccc2)CC1. The molecule has 2 aromatic carbocycles. The van der Waals surface area contributed by atoms with Crippen molar-refractivity contribution in [2.75, 3.05) is 39.8 Å². The highest BCUT2D eigenvalue weighted by Gasteiger charge is 2.24. The zero-order valence-electron chi connectivity index (χ0n) is 16.8. The monoisotopic (exact) mass is 397 g/mol. The van der Waals surface area contributed by atoms with E-state index in [-0.39, 0.29) is 36.4 Å². The lowest BCUT2D eigenvalue weighted by molar-refractivity contribution is -0.121. The van der Waals surface area contributed by atoms with Gasteiger partial charge in [-0.15, -0.1) is 0 Å². The Morgan fingerprint density at radius 2 is 1.62 bits per heavy atom. The first-order chi connectivity index (χ1) is 14.0. The Labute approximate surface area is 171 Å². The highest BCUT2D eigenvalue weighted by molar-refractivity contribution is 5.97. The summed E-state index contributed by atoms with van der Waals surface area (Å²) >= 11 is 0. The number of likely N-dealkylation sites (N-methyl/N-ethyl adjacent to an activating group) is 1. The minimum Gasteiger partial charge on any atom is -0.354 e. The van der Waals surface area contributed by atoms with E-state index in [1.807, 2.05) is 18.2 Å². The van der Waals surface area contributed by atoms with E-state index < -0.39 is 0 Å². The lowest BCUT2D eigenvalue weighted by Crippen LogP contribution is -2.48. The fraction of sp³-hybridized carbons (Fsp3) is 0.391. The van der Waals surface area contributed by atoms with E-state index in [0.717, 1.165) is 26.2 Å². The topological polar surface area (TPSA) is 52.6 Å². The van der Waals surface area contributed by atoms with E-state index in [1.165, 1.54) is 29.8 Å². The molecule has 1 unspecified atom stereocenters. The van der Waals surface area contributed by atoms with Gasteiger partial charge in [-0.05, 0) is 36.9 Å². The molecule has 1 atom stereocenters. The molecule has 1 aliphatic rings. The molecule has 0 radical (unpaired) electrons. The fourth-order valence-electron chi connectivity index (χ4n) is 3.57. The maximum Gasteiger partial charge on any atom is 0.220 e. The van der Waals surface area contributed by atoms with Gasteiger partial charge in [0.1, 0.15) is 5.82 Å². The van der Waals surface area contributed by atoms with Crippen LogP contribution in [0.1, 0.15) is 34.8 Å². The largest absolute Gasteiger partial charge is 0.354 e. The first-order valence-corrected chi connectivity index (χ1v) is 10.1. The summed E-state index contributed by atoms with van der Waals surface area (Å²) in [7, 11) is 2.12. The summed E-state index contributed by atoms with van der Waals surface area (Å²) in [5, 5.41) is 3.00. The van der Waals surface area contributed by atoms with Gasteiger partial charge in [-0.25, -0.2) is 4.39 Å². The first-order valence-electron chi connectivity index (χ1n) is 10.1. The van der Waals surface area contributed by atoms with E-state index in [0.29, 0.717) is 12.1 Å². The standard InChI is InChI=1S/C23H28FN3O2/c1-26-13-15-27(16-14-26)21(18-5-3-2-4-6-18)17-25-23(29)12-11-22(28)19-7-9-20(24)10-8-19/h2-10,21H,11-17H2,1H3,(H,25,29). The van der Waals surface area contributed by atoms with Crippen LogP contribution in [-0.4, -0.2) is 61.3 Å². The van der Waals surface area contributed by atoms with E-state index in [4.69, 9.17) is 0 Å². The summed E-state index contributed by atoms with van der Waals surface area (Å²) in [6.45, 7) is 4.42. The van der Waals surface area contributed by atoms with Gasteiger partial charge in [-0.3, -0.25) is 14.5 Å². The van der Waals surface area contributed by atoms with Crippen LogP contribution in [-0.2, 0) is 4.79 Å². The zero-order chi connectivity index (χ0) is 20.6. The van der Waals surface area contributed by atoms with Gasteiger partial charge in [0.25, 0.3) is 0 Å². The van der Waals surface area contributed by atoms with Crippen molar-refractivity contribution in [2.45, 2.75) is 18.9 Å². The average Bonchev–Trinajstić information content (AvgIpc) is 2.74. The molecular formula is C23H28FN3O2. The summed E-state index contributed by atoms with van der Waals surface area (Å²) in [5.74, 6) is -0.676. The number of ketones is 1. The third-order valence-electron chi connectivity index (χ3n) is 5.40. The van der Waals surface area contributed by atoms with Crippen molar-refractivity contribution in [3.8, 4) is 0 Å². The summed E-state index contributed by atoms with van der Waals surface area (Å²) in [6.07, 6.45) is 0.239. The van der Waals surface area contributed by atoms with Gasteiger partial charge in [0.15, 0.2) is 5.78 Å². The number of hydrogen-bond acceptors (Lipinski definition) is 4. The number of Topliss-reactive ketones (excluding diaryl/α,β-unsaturated/α-hetero) is 1. The predicted molar refractivity (Wildman–Crippen MR) is 111 cm³/mol. The summed E-state index contributed by atoms with van der Waals surface area (Å²) < 4.78 is 13.0. The van der Waals surface area contributed by atoms with Crippen molar-refractivity contribution < 1.29 is 14.0 Å². The number of nitrogens with zero attached hydrogens (tertiary/aromatic N) is 2. The van der Waals surface area contributed by atoms with E-state index >= 15 is 0 Å². The quantitative estimate of drug-likeness (QED) is 0.696. The van der Waals surface area contributed by atoms with Gasteiger partial charge in [0, 0.05) is 51.1 Å². The number of rotatable bonds is 8. The van der Waals surface area contributed by atoms with Crippen LogP contribution in [0.25, 0.3) is 0 Å². The van der Waals surface area contributed by atoms with Crippen LogP contribution >= 0.6 is 0 Å². The summed E-state index contributed by atoms with van der Waals surface area (Å²) in [5.41, 5.74) is 1.61. The molecule has 154 valence electrons. The molecule has 2 aromatic rings. The molecule has 1 N–H and O–H groups in total. The van der Waals surface area contributed by atoms with Crippen LogP contribution in [0.3, 0.4) is 0 Å². The second-order valence-corrected chi connectivity index (χ2v) is 7.50. The van der Waals surface area contributed by atoms with Crippen molar-refractivity contribution in [1.82, 2.24) is 15.1 Å². The second kappa shape index (κ2) is 10.3. The second-order valence-electron chi connectivity index (χ2n) is 7.50. The number of nitrogens with one attached hydrogen (secondary N) is 1. The highest BCUT2D eigenvalue weighted by Crippen LogP contribution is 2.21. The van der Waals surface area contributed by atoms with Gasteiger partial charge >= 0.3 is 0 Å². The molecule has 1 saturated heterocycles. The van der Waals surface area contributed by atoms with Gasteiger partial charge in [0.2, 0.25) is 5.91 Å². The Hall–Kier alpha value is -2.57. The van der Waals surface area contributed by atoms with Crippen LogP contribution in [0.5, 0.6) is 0 Å². The van der Waals surface area contributed by atoms with Crippen LogP contribution in [0.4, 0.5) is 4.39 Å². The smallest absolute Gasteiger partial charge is 0.220 e. The highest BCUT2D eigenvalue weighted by atomic mass is 19.1. The number of carbonyl (C=O) groups excluding carboxylic acids is 2. The molecule has 29 heavy (non-hydrogen) atoms. The Balaban J connectivity index is 1.53.